The first kappa shape index (κ1) is 24.1. The van der Waals surface area contributed by atoms with E-state index < -0.39 is 59.4 Å². The van der Waals surface area contributed by atoms with Gasteiger partial charge in [0.15, 0.2) is 23.0 Å². The number of aliphatic hydroxyl groups excluding tert-OH is 3. The van der Waals surface area contributed by atoms with Gasteiger partial charge in [-0.25, -0.2) is 4.79 Å². The van der Waals surface area contributed by atoms with Crippen LogP contribution in [0.4, 0.5) is 0 Å². The molecular formula is C22H20O13. The van der Waals surface area contributed by atoms with Crippen molar-refractivity contribution in [2.45, 2.75) is 30.7 Å². The molecule has 1 saturated heterocycles. The van der Waals surface area contributed by atoms with Gasteiger partial charge in [-0.15, -0.1) is 0 Å². The van der Waals surface area contributed by atoms with Crippen molar-refractivity contribution >= 4 is 16.9 Å². The van der Waals surface area contributed by atoms with Gasteiger partial charge in [0.2, 0.25) is 12.0 Å². The molecule has 13 nitrogen and oxygen atoms in total. The van der Waals surface area contributed by atoms with E-state index in [0.29, 0.717) is 0 Å². The van der Waals surface area contributed by atoms with E-state index in [9.17, 15) is 40.2 Å². The van der Waals surface area contributed by atoms with Crippen LogP contribution < -0.4 is 14.9 Å². The molecule has 1 aromatic heterocycles. The quantitative estimate of drug-likeness (QED) is 0.231. The van der Waals surface area contributed by atoms with Gasteiger partial charge in [-0.2, -0.15) is 0 Å². The zero-order valence-corrected chi connectivity index (χ0v) is 17.9. The lowest BCUT2D eigenvalue weighted by Crippen LogP contribution is -2.61. The van der Waals surface area contributed by atoms with Gasteiger partial charge >= 0.3 is 5.97 Å². The number of phenolic OH excluding ortho intramolecular Hbond substituents is 3. The number of phenols is 3. The van der Waals surface area contributed by atoms with E-state index in [0.717, 1.165) is 24.3 Å². The topological polar surface area (TPSA) is 217 Å². The highest BCUT2D eigenvalue weighted by atomic mass is 16.7. The van der Waals surface area contributed by atoms with Crippen LogP contribution in [0, 0.1) is 0 Å². The molecule has 186 valence electrons. The highest BCUT2D eigenvalue weighted by Gasteiger charge is 2.48. The second-order valence-electron chi connectivity index (χ2n) is 7.69. The predicted molar refractivity (Wildman–Crippen MR) is 114 cm³/mol. The lowest BCUT2D eigenvalue weighted by molar-refractivity contribution is -0.271. The molecule has 0 saturated carbocycles. The van der Waals surface area contributed by atoms with E-state index in [4.69, 9.17) is 23.7 Å². The Kier molecular flexibility index (Phi) is 6.17. The zero-order chi connectivity index (χ0) is 25.6. The van der Waals surface area contributed by atoms with Crippen LogP contribution in [0.3, 0.4) is 0 Å². The molecule has 5 atom stereocenters. The van der Waals surface area contributed by atoms with Gasteiger partial charge in [0.1, 0.15) is 46.5 Å². The minimum absolute atomic E-state index is 0.0777. The van der Waals surface area contributed by atoms with Crippen molar-refractivity contribution in [1.82, 2.24) is 0 Å². The Hall–Kier alpha value is -4.04. The fraction of sp³-hybridized carbons (Fsp3) is 0.273. The summed E-state index contributed by atoms with van der Waals surface area (Å²) in [6, 6.07) is 5.58. The standard InChI is InChI=1S/C22H20O13/c1-32-14-3-7(2-11(25)16(14)26)12-6-10(24)15-9(23)4-8(5-13(15)34-12)33-22-19(29)17(27)18(28)20(35-22)21(30)31/h2-6,17-20,22-23,25-29H,1H3,(H,30,31)/t17-,18-,19-,20-,22+/m0/s1. The number of aliphatic carboxylic acids is 1. The Balaban J connectivity index is 1.75. The molecule has 1 aliphatic heterocycles. The van der Waals surface area contributed by atoms with Gasteiger partial charge in [-0.05, 0) is 12.1 Å². The minimum Gasteiger partial charge on any atom is -0.507 e. The fourth-order valence-corrected chi connectivity index (χ4v) is 3.63. The second-order valence-corrected chi connectivity index (χ2v) is 7.69. The molecule has 2 aromatic carbocycles. The lowest BCUT2D eigenvalue weighted by Gasteiger charge is -2.38. The maximum atomic E-state index is 12.7. The number of aliphatic hydroxyl groups is 3. The van der Waals surface area contributed by atoms with Gasteiger partial charge in [0, 0.05) is 23.8 Å². The molecule has 4 rings (SSSR count). The number of aromatic hydroxyl groups is 3. The van der Waals surface area contributed by atoms with Crippen LogP contribution in [0.5, 0.6) is 28.7 Å². The van der Waals surface area contributed by atoms with Crippen molar-refractivity contribution in [3.05, 3.63) is 40.6 Å². The van der Waals surface area contributed by atoms with E-state index in [2.05, 4.69) is 0 Å². The lowest BCUT2D eigenvalue weighted by atomic mass is 9.99. The van der Waals surface area contributed by atoms with E-state index in [1.165, 1.54) is 13.2 Å². The van der Waals surface area contributed by atoms with Crippen molar-refractivity contribution in [2.75, 3.05) is 7.11 Å². The molecule has 7 N–H and O–H groups in total. The Labute approximate surface area is 195 Å². The Morgan fingerprint density at radius 1 is 0.943 bits per heavy atom. The highest BCUT2D eigenvalue weighted by molar-refractivity contribution is 5.86. The first-order valence-corrected chi connectivity index (χ1v) is 10.0. The van der Waals surface area contributed by atoms with Gasteiger partial charge < -0.3 is 54.4 Å². The molecule has 0 unspecified atom stereocenters. The number of methoxy groups -OCH3 is 1. The fourth-order valence-electron chi connectivity index (χ4n) is 3.63. The molecule has 0 aliphatic carbocycles. The number of benzene rings is 2. The molecule has 0 amide bonds. The van der Waals surface area contributed by atoms with Crippen LogP contribution in [0.2, 0.25) is 0 Å². The van der Waals surface area contributed by atoms with E-state index >= 15 is 0 Å². The number of carboxylic acids is 1. The Bertz CT molecular complexity index is 1350. The van der Waals surface area contributed by atoms with E-state index in [1.54, 1.807) is 0 Å². The third-order valence-electron chi connectivity index (χ3n) is 5.41. The van der Waals surface area contributed by atoms with Crippen LogP contribution in [-0.4, -0.2) is 79.5 Å². The zero-order valence-electron chi connectivity index (χ0n) is 17.9. The van der Waals surface area contributed by atoms with Crippen molar-refractivity contribution in [3.63, 3.8) is 0 Å². The smallest absolute Gasteiger partial charge is 0.335 e. The molecule has 0 bridgehead atoms. The van der Waals surface area contributed by atoms with Gasteiger partial charge in [-0.3, -0.25) is 4.79 Å². The summed E-state index contributed by atoms with van der Waals surface area (Å²) in [5, 5.41) is 68.9. The summed E-state index contributed by atoms with van der Waals surface area (Å²) in [5.41, 5.74) is -0.723. The van der Waals surface area contributed by atoms with Crippen LogP contribution in [-0.2, 0) is 9.53 Å². The van der Waals surface area contributed by atoms with Crippen molar-refractivity contribution < 1.29 is 59.2 Å². The van der Waals surface area contributed by atoms with E-state index in [-0.39, 0.29) is 33.8 Å². The summed E-state index contributed by atoms with van der Waals surface area (Å²) >= 11 is 0. The molecule has 35 heavy (non-hydrogen) atoms. The minimum atomic E-state index is -1.92. The number of hydrogen-bond donors (Lipinski definition) is 7. The maximum absolute atomic E-state index is 12.7. The molecular weight excluding hydrogens is 472 g/mol. The monoisotopic (exact) mass is 492 g/mol. The first-order valence-electron chi connectivity index (χ1n) is 10.0. The molecule has 1 fully saturated rings. The summed E-state index contributed by atoms with van der Waals surface area (Å²) in [7, 11) is 1.25. The van der Waals surface area contributed by atoms with Gasteiger partial charge in [-0.1, -0.05) is 0 Å². The first-order chi connectivity index (χ1) is 16.5. The molecule has 3 aromatic rings. The largest absolute Gasteiger partial charge is 0.507 e. The van der Waals surface area contributed by atoms with Crippen molar-refractivity contribution in [1.29, 1.82) is 0 Å². The van der Waals surface area contributed by atoms with E-state index in [1.807, 2.05) is 0 Å². The van der Waals surface area contributed by atoms with Crippen molar-refractivity contribution in [3.8, 4) is 40.1 Å². The average molecular weight is 492 g/mol. The molecule has 13 heteroatoms. The number of hydrogen-bond acceptors (Lipinski definition) is 12. The Morgan fingerprint density at radius 2 is 1.66 bits per heavy atom. The number of rotatable bonds is 5. The molecule has 0 spiro atoms. The molecule has 0 radical (unpaired) electrons. The summed E-state index contributed by atoms with van der Waals surface area (Å²) < 4.78 is 21.1. The summed E-state index contributed by atoms with van der Waals surface area (Å²) in [6.45, 7) is 0. The van der Waals surface area contributed by atoms with Gasteiger partial charge in [0.05, 0.1) is 7.11 Å². The number of fused-ring (bicyclic) bond motifs is 1. The Morgan fingerprint density at radius 3 is 2.31 bits per heavy atom. The van der Waals surface area contributed by atoms with Crippen LogP contribution >= 0.6 is 0 Å². The summed E-state index contributed by atoms with van der Waals surface area (Å²) in [5.74, 6) is -3.67. The number of carboxylic acid groups (broad SMARTS) is 1. The number of ether oxygens (including phenoxy) is 3. The summed E-state index contributed by atoms with van der Waals surface area (Å²) in [6.07, 6.45) is -9.37. The third kappa shape index (κ3) is 4.28. The maximum Gasteiger partial charge on any atom is 0.335 e. The van der Waals surface area contributed by atoms with Crippen molar-refractivity contribution in [2.24, 2.45) is 0 Å². The van der Waals surface area contributed by atoms with Crippen LogP contribution in [0.1, 0.15) is 0 Å². The SMILES string of the molecule is COc1cc(-c2cc(=O)c3c(O)cc(O[C@@H]4O[C@H](C(=O)O)[C@@H](O)[C@H](O)[C@@H]4O)cc3o2)cc(O)c1O. The highest BCUT2D eigenvalue weighted by Crippen LogP contribution is 2.40. The second kappa shape index (κ2) is 8.96. The van der Waals surface area contributed by atoms with Crippen LogP contribution in [0.15, 0.2) is 39.5 Å². The number of carbonyl (C=O) groups is 1. The molecule has 1 aliphatic rings. The predicted octanol–water partition coefficient (Wildman–Crippen LogP) is -0.144. The van der Waals surface area contributed by atoms with Crippen LogP contribution in [0.25, 0.3) is 22.3 Å². The van der Waals surface area contributed by atoms with Gasteiger partial charge in [0.25, 0.3) is 0 Å². The third-order valence-corrected chi connectivity index (χ3v) is 5.41. The molecule has 2 heterocycles. The normalized spacial score (nSPS) is 24.3. The average Bonchev–Trinajstić information content (AvgIpc) is 2.80. The summed E-state index contributed by atoms with van der Waals surface area (Å²) in [4.78, 5) is 23.9.